The monoisotopic (exact) mass is 1200 g/mol. The van der Waals surface area contributed by atoms with E-state index in [4.69, 9.17) is 19.3 Å². The zero-order valence-electron chi connectivity index (χ0n) is 49.7. The van der Waals surface area contributed by atoms with Crippen LogP contribution < -0.4 is 175 Å². The molecule has 0 saturated heterocycles. The summed E-state index contributed by atoms with van der Waals surface area (Å²) in [5.74, 6) is 9.56. The molecule has 5 N–H and O–H groups in total. The van der Waals surface area contributed by atoms with Gasteiger partial charge >= 0.3 is 174 Å². The molecule has 8 aliphatic carbocycles. The van der Waals surface area contributed by atoms with Crippen molar-refractivity contribution in [2.75, 3.05) is 12.6 Å². The van der Waals surface area contributed by atoms with E-state index < -0.39 is 39.9 Å². The van der Waals surface area contributed by atoms with Crippen LogP contribution in [0.3, 0.4) is 0 Å². The van der Waals surface area contributed by atoms with Crippen molar-refractivity contribution in [3.05, 3.63) is 23.3 Å². The molecule has 0 unspecified atom stereocenters. The normalized spacial score (nSPS) is 36.5. The number of amides is 2. The molecule has 8 aliphatic rings. The van der Waals surface area contributed by atoms with Crippen LogP contribution in [0.4, 0.5) is 9.59 Å². The molecule has 0 aliphatic heterocycles. The summed E-state index contributed by atoms with van der Waals surface area (Å²) in [7, 11) is -9.07. The molecular weight excluding hydrogens is 1090 g/mol. The first-order valence-corrected chi connectivity index (χ1v) is 32.5. The molecule has 0 radical (unpaired) electrons. The van der Waals surface area contributed by atoms with Crippen molar-refractivity contribution >= 4 is 27.4 Å². The minimum atomic E-state index is -4.78. The third-order valence-corrected chi connectivity index (χ3v) is 23.0. The molecule has 430 valence electrons. The Balaban J connectivity index is 0.000000724. The summed E-state index contributed by atoms with van der Waals surface area (Å²) in [5, 5.41) is 4.30. The summed E-state index contributed by atoms with van der Waals surface area (Å²) in [5.41, 5.74) is 4.18. The zero-order valence-corrected chi connectivity index (χ0v) is 60.9. The van der Waals surface area contributed by atoms with Crippen LogP contribution in [0.25, 0.3) is 0 Å². The van der Waals surface area contributed by atoms with Gasteiger partial charge in [-0.1, -0.05) is 138 Å². The molecule has 18 heteroatoms. The first-order valence-electron chi connectivity index (χ1n) is 29.0. The first kappa shape index (κ1) is 76.3. The van der Waals surface area contributed by atoms with Crippen molar-refractivity contribution < 1.29 is 209 Å². The van der Waals surface area contributed by atoms with Gasteiger partial charge in [-0.3, -0.25) is 4.57 Å². The van der Waals surface area contributed by atoms with Gasteiger partial charge in [0.15, 0.2) is 0 Å². The van der Waals surface area contributed by atoms with Gasteiger partial charge in [-0.25, -0.2) is 9.59 Å². The van der Waals surface area contributed by atoms with Crippen LogP contribution in [0.2, 0.25) is 0 Å². The van der Waals surface area contributed by atoms with Gasteiger partial charge in [0.05, 0.1) is 0 Å². The second-order valence-corrected chi connectivity index (χ2v) is 30.2. The van der Waals surface area contributed by atoms with Crippen molar-refractivity contribution in [3.8, 4) is 0 Å². The van der Waals surface area contributed by atoms with Crippen LogP contribution in [0.1, 0.15) is 219 Å². The summed E-state index contributed by atoms with van der Waals surface area (Å²) in [6, 6.07) is 0. The summed E-state index contributed by atoms with van der Waals surface area (Å²) in [6.45, 7) is 24.6. The Bertz CT molecular complexity index is 1940. The number of carbonyl (C=O) groups is 2. The van der Waals surface area contributed by atoms with E-state index in [1.807, 2.05) is 0 Å². The summed E-state index contributed by atoms with van der Waals surface area (Å²) >= 11 is 0. The zero-order chi connectivity index (χ0) is 52.6. The molecule has 6 fully saturated rings. The molecule has 0 aromatic rings. The molecule has 0 aromatic carbocycles. The fourth-order valence-corrected chi connectivity index (χ4v) is 18.9. The Morgan fingerprint density at radius 1 is 0.610 bits per heavy atom. The number of carbonyl (C=O) groups excluding carboxylic acids is 2. The van der Waals surface area contributed by atoms with Crippen LogP contribution in [-0.2, 0) is 18.6 Å². The van der Waals surface area contributed by atoms with E-state index in [1.165, 1.54) is 101 Å². The number of fused-ring (bicyclic) bond motifs is 10. The third-order valence-electron chi connectivity index (χ3n) is 21.9. The van der Waals surface area contributed by atoms with E-state index in [2.05, 4.69) is 92.0 Å². The molecule has 0 bridgehead atoms. The fourth-order valence-electron chi connectivity index (χ4n) is 18.2. The van der Waals surface area contributed by atoms with E-state index in [0.717, 1.165) is 116 Å². The number of hydrogen-bond acceptors (Lipinski definition) is 9. The number of rotatable bonds is 16. The number of alkyl carbamates (subject to hydrolysis) is 2. The molecule has 16 atom stereocenters. The second kappa shape index (κ2) is 31.9. The standard InChI is InChI=1S/2C29H50NO5P.CH4.3K.H2O.H2/c2*1-19(2)7-6-8-20(3)24-11-12-25-23-10-9-21-17-22(35-27(31)30-18-36(32,33)34)13-15-28(21,4)26(23)14-16-29(24,25)5;;;;;;/h2*9,19-20,22-26H,6-8,10-18H2,1-5H3,(H,30,31)(H2,32,33,34);1H4;;;;1H2;1H/q;;;3*+1;;/p-3/t2*20-,22+,23+,24-,25+,26+,28+,29-;;;;;;/m11....../s1/i;;;;;;;1+1. The summed E-state index contributed by atoms with van der Waals surface area (Å²) < 4.78 is 32.9. The largest absolute Gasteiger partial charge is 1.00 e. The SMILES string of the molecule is C.CC(C)CCC[C@@H](C)[C@H]1CC[C@H]2[C@@H]3CC=C4C[C@@H](OC(=O)NCP(=O)(O)O)CC[C@]4(C)[C@H]3CC[C@]12C.CC(C)CCC[C@@H](C)[C@H]1CC[C@H]2[C@@H]3CC=C4C[C@@H](OC(=O)NCP(=O)([O-])[O-])CC[C@]4(C)[C@H]3CC[C@]12C.[2HH].[K+].[K+].[K+].[OH-]. The number of hydrogen-bond donors (Lipinski definition) is 4. The minimum Gasteiger partial charge on any atom is -0.870 e. The second-order valence-electron chi connectivity index (χ2n) is 27.1. The van der Waals surface area contributed by atoms with Gasteiger partial charge in [0.25, 0.3) is 0 Å². The number of nitrogens with one attached hydrogen (secondary N) is 2. The Morgan fingerprint density at radius 3 is 1.34 bits per heavy atom. The van der Waals surface area contributed by atoms with Crippen molar-refractivity contribution in [3.63, 3.8) is 0 Å². The van der Waals surface area contributed by atoms with Gasteiger partial charge in [0.1, 0.15) is 18.5 Å². The molecule has 13 nitrogen and oxygen atoms in total. The molecular formula is C59H105K3N2O11P2. The average molecular weight is 1200 g/mol. The predicted molar refractivity (Wildman–Crippen MR) is 293 cm³/mol. The maximum Gasteiger partial charge on any atom is 1.00 e. The maximum absolute atomic E-state index is 12.1. The number of ether oxygens (including phenoxy) is 2. The van der Waals surface area contributed by atoms with E-state index in [-0.39, 0.29) is 192 Å². The Labute approximate surface area is 596 Å². The third kappa shape index (κ3) is 18.6. The van der Waals surface area contributed by atoms with Crippen LogP contribution in [0.15, 0.2) is 23.3 Å². The summed E-state index contributed by atoms with van der Waals surface area (Å²) in [4.78, 5) is 63.7. The summed E-state index contributed by atoms with van der Waals surface area (Å²) in [6.07, 6.45) is 27.8. The average Bonchev–Trinajstić information content (AvgIpc) is 3.84. The molecule has 2 amide bonds. The van der Waals surface area contributed by atoms with Gasteiger partial charge < -0.3 is 49.7 Å². The molecule has 77 heavy (non-hydrogen) atoms. The topological polar surface area (TPSA) is 227 Å². The van der Waals surface area contributed by atoms with Crippen LogP contribution in [0.5, 0.6) is 0 Å². The Morgan fingerprint density at radius 2 is 0.987 bits per heavy atom. The Hall–Kier alpha value is 3.19. The van der Waals surface area contributed by atoms with Crippen molar-refractivity contribution in [1.29, 1.82) is 0 Å². The van der Waals surface area contributed by atoms with Gasteiger partial charge in [-0.15, -0.1) is 0 Å². The minimum absolute atomic E-state index is 0. The first-order chi connectivity index (χ1) is 33.7. The van der Waals surface area contributed by atoms with E-state index in [1.54, 1.807) is 0 Å². The van der Waals surface area contributed by atoms with Crippen LogP contribution in [-0.4, -0.2) is 52.2 Å². The molecule has 0 spiro atoms. The molecule has 0 heterocycles. The van der Waals surface area contributed by atoms with Gasteiger partial charge in [0, 0.05) is 20.6 Å². The quantitative estimate of drug-likeness (QED) is 0.0917. The van der Waals surface area contributed by atoms with Crippen molar-refractivity contribution in [2.45, 2.75) is 230 Å². The van der Waals surface area contributed by atoms with Crippen molar-refractivity contribution in [2.24, 2.45) is 92.7 Å². The predicted octanol–water partition coefficient (Wildman–Crippen LogP) is 4.97. The van der Waals surface area contributed by atoms with E-state index >= 15 is 0 Å². The molecule has 8 rings (SSSR count). The smallest absolute Gasteiger partial charge is 0.870 e. The van der Waals surface area contributed by atoms with Crippen molar-refractivity contribution in [1.82, 2.24) is 10.6 Å². The molecule has 0 aromatic heterocycles. The molecule has 6 saturated carbocycles. The van der Waals surface area contributed by atoms with Gasteiger partial charge in [0.2, 0.25) is 0 Å². The Kier molecular flexibility index (Phi) is 31.6. The number of allylic oxidation sites excluding steroid dienone is 2. The van der Waals surface area contributed by atoms with E-state index in [9.17, 15) is 28.5 Å². The van der Waals surface area contributed by atoms with Crippen LogP contribution in [0, 0.1) is 92.7 Å². The van der Waals surface area contributed by atoms with Crippen LogP contribution >= 0.6 is 15.2 Å². The fraction of sp³-hybridized carbons (Fsp3) is 0.898. The van der Waals surface area contributed by atoms with Gasteiger partial charge in [-0.05, 0) is 190 Å². The maximum atomic E-state index is 12.1. The van der Waals surface area contributed by atoms with E-state index in [0.29, 0.717) is 16.7 Å². The van der Waals surface area contributed by atoms with Gasteiger partial charge in [-0.2, -0.15) is 0 Å².